The standard InChI is InChI=1S/C22H32N2O2/c25-21(14-12-17-6-1-2-7-17)23-19-10-5-11-20(16-19)24-22(26)15-13-18-8-3-4-9-18/h5,10-11,16-18H,1-4,6-9,12-15H2,(H,23,25)(H,24,26). The van der Waals surface area contributed by atoms with E-state index in [0.29, 0.717) is 12.8 Å². The van der Waals surface area contributed by atoms with Crippen LogP contribution in [0.4, 0.5) is 11.4 Å². The zero-order valence-corrected chi connectivity index (χ0v) is 15.8. The zero-order valence-electron chi connectivity index (χ0n) is 15.8. The minimum absolute atomic E-state index is 0.0709. The van der Waals surface area contributed by atoms with Crippen LogP contribution in [0, 0.1) is 11.8 Å². The first-order chi connectivity index (χ1) is 12.7. The molecule has 3 rings (SSSR count). The minimum atomic E-state index is 0.0709. The molecular weight excluding hydrogens is 324 g/mol. The van der Waals surface area contributed by atoms with Crippen LogP contribution >= 0.6 is 0 Å². The molecule has 2 aliphatic carbocycles. The lowest BCUT2D eigenvalue weighted by molar-refractivity contribution is -0.117. The first-order valence-electron chi connectivity index (χ1n) is 10.4. The van der Waals surface area contributed by atoms with Crippen LogP contribution in [-0.4, -0.2) is 11.8 Å². The zero-order chi connectivity index (χ0) is 18.2. The Morgan fingerprint density at radius 1 is 0.769 bits per heavy atom. The summed E-state index contributed by atoms with van der Waals surface area (Å²) in [5, 5.41) is 5.93. The highest BCUT2D eigenvalue weighted by molar-refractivity contribution is 5.94. The maximum atomic E-state index is 12.2. The van der Waals surface area contributed by atoms with Gasteiger partial charge >= 0.3 is 0 Å². The molecule has 142 valence electrons. The summed E-state index contributed by atoms with van der Waals surface area (Å²) < 4.78 is 0. The molecule has 0 aliphatic heterocycles. The third-order valence-corrected chi connectivity index (χ3v) is 5.94. The lowest BCUT2D eigenvalue weighted by atomic mass is 10.0. The van der Waals surface area contributed by atoms with Gasteiger partial charge in [0.15, 0.2) is 0 Å². The first-order valence-corrected chi connectivity index (χ1v) is 10.4. The van der Waals surface area contributed by atoms with Gasteiger partial charge in [-0.15, -0.1) is 0 Å². The molecule has 0 aromatic heterocycles. The van der Waals surface area contributed by atoms with E-state index in [1.807, 2.05) is 24.3 Å². The average molecular weight is 357 g/mol. The maximum absolute atomic E-state index is 12.2. The van der Waals surface area contributed by atoms with Gasteiger partial charge in [0.1, 0.15) is 0 Å². The fourth-order valence-corrected chi connectivity index (χ4v) is 4.39. The fraction of sp³-hybridized carbons (Fsp3) is 0.636. The summed E-state index contributed by atoms with van der Waals surface area (Å²) in [6, 6.07) is 7.48. The topological polar surface area (TPSA) is 58.2 Å². The Labute approximate surface area is 157 Å². The van der Waals surface area contributed by atoms with Crippen LogP contribution in [0.5, 0.6) is 0 Å². The molecule has 2 amide bonds. The smallest absolute Gasteiger partial charge is 0.224 e. The Kier molecular flexibility index (Phi) is 7.10. The Morgan fingerprint density at radius 3 is 1.62 bits per heavy atom. The van der Waals surface area contributed by atoms with Crippen molar-refractivity contribution in [2.75, 3.05) is 10.6 Å². The van der Waals surface area contributed by atoms with E-state index in [1.54, 1.807) is 0 Å². The van der Waals surface area contributed by atoms with Gasteiger partial charge in [0.25, 0.3) is 0 Å². The monoisotopic (exact) mass is 356 g/mol. The van der Waals surface area contributed by atoms with Gasteiger partial charge in [-0.1, -0.05) is 57.4 Å². The van der Waals surface area contributed by atoms with Crippen molar-refractivity contribution < 1.29 is 9.59 Å². The highest BCUT2D eigenvalue weighted by atomic mass is 16.2. The number of nitrogens with one attached hydrogen (secondary N) is 2. The summed E-state index contributed by atoms with van der Waals surface area (Å²) in [5.41, 5.74) is 1.52. The molecule has 2 aliphatic rings. The van der Waals surface area contributed by atoms with Gasteiger partial charge in [-0.05, 0) is 42.9 Å². The van der Waals surface area contributed by atoms with Crippen LogP contribution in [0.3, 0.4) is 0 Å². The van der Waals surface area contributed by atoms with Crippen LogP contribution in [0.2, 0.25) is 0 Å². The number of amides is 2. The van der Waals surface area contributed by atoms with Crippen molar-refractivity contribution in [1.29, 1.82) is 0 Å². The summed E-state index contributed by atoms with van der Waals surface area (Å²) in [6.45, 7) is 0. The molecule has 0 saturated heterocycles. The first kappa shape index (κ1) is 18.9. The van der Waals surface area contributed by atoms with E-state index in [9.17, 15) is 9.59 Å². The molecule has 26 heavy (non-hydrogen) atoms. The summed E-state index contributed by atoms with van der Waals surface area (Å²) >= 11 is 0. The summed E-state index contributed by atoms with van der Waals surface area (Å²) in [5.74, 6) is 1.60. The molecule has 2 saturated carbocycles. The molecule has 4 nitrogen and oxygen atoms in total. The third-order valence-electron chi connectivity index (χ3n) is 5.94. The van der Waals surface area contributed by atoms with E-state index in [2.05, 4.69) is 10.6 Å². The van der Waals surface area contributed by atoms with Crippen molar-refractivity contribution >= 4 is 23.2 Å². The van der Waals surface area contributed by atoms with Gasteiger partial charge in [-0.2, -0.15) is 0 Å². The van der Waals surface area contributed by atoms with Gasteiger partial charge < -0.3 is 10.6 Å². The largest absolute Gasteiger partial charge is 0.326 e. The van der Waals surface area contributed by atoms with Crippen molar-refractivity contribution in [3.8, 4) is 0 Å². The predicted octanol–water partition coefficient (Wildman–Crippen LogP) is 5.50. The van der Waals surface area contributed by atoms with Gasteiger partial charge in [-0.3, -0.25) is 9.59 Å². The number of rotatable bonds is 8. The van der Waals surface area contributed by atoms with Gasteiger partial charge in [-0.25, -0.2) is 0 Å². The molecule has 0 unspecified atom stereocenters. The summed E-state index contributed by atoms with van der Waals surface area (Å²) in [4.78, 5) is 24.3. The Bertz CT molecular complexity index is 553. The number of hydrogen-bond donors (Lipinski definition) is 2. The second-order valence-corrected chi connectivity index (χ2v) is 8.06. The van der Waals surface area contributed by atoms with Crippen molar-refractivity contribution in [2.24, 2.45) is 11.8 Å². The van der Waals surface area contributed by atoms with E-state index in [0.717, 1.165) is 36.1 Å². The number of carbonyl (C=O) groups is 2. The molecule has 4 heteroatoms. The van der Waals surface area contributed by atoms with E-state index in [4.69, 9.17) is 0 Å². The summed E-state index contributed by atoms with van der Waals surface area (Å²) in [7, 11) is 0. The van der Waals surface area contributed by atoms with E-state index in [1.165, 1.54) is 51.4 Å². The van der Waals surface area contributed by atoms with Crippen LogP contribution < -0.4 is 10.6 Å². The quantitative estimate of drug-likeness (QED) is 0.646. The molecule has 1 aromatic rings. The van der Waals surface area contributed by atoms with Crippen molar-refractivity contribution in [3.63, 3.8) is 0 Å². The van der Waals surface area contributed by atoms with Gasteiger partial charge in [0.2, 0.25) is 11.8 Å². The highest BCUT2D eigenvalue weighted by Gasteiger charge is 2.17. The molecular formula is C22H32N2O2. The van der Waals surface area contributed by atoms with Crippen molar-refractivity contribution in [2.45, 2.75) is 77.0 Å². The molecule has 2 fully saturated rings. The molecule has 1 aromatic carbocycles. The second-order valence-electron chi connectivity index (χ2n) is 8.06. The minimum Gasteiger partial charge on any atom is -0.326 e. The number of hydrogen-bond acceptors (Lipinski definition) is 2. The molecule has 0 radical (unpaired) electrons. The molecule has 0 atom stereocenters. The SMILES string of the molecule is O=C(CCC1CCCC1)Nc1cccc(NC(=O)CCC2CCCC2)c1. The van der Waals surface area contributed by atoms with E-state index < -0.39 is 0 Å². The fourth-order valence-electron chi connectivity index (χ4n) is 4.39. The summed E-state index contributed by atoms with van der Waals surface area (Å²) in [6.07, 6.45) is 13.5. The maximum Gasteiger partial charge on any atom is 0.224 e. The van der Waals surface area contributed by atoms with Crippen LogP contribution in [0.1, 0.15) is 77.0 Å². The number of carbonyl (C=O) groups excluding carboxylic acids is 2. The Hall–Kier alpha value is -1.84. The van der Waals surface area contributed by atoms with E-state index >= 15 is 0 Å². The molecule has 0 spiro atoms. The van der Waals surface area contributed by atoms with Gasteiger partial charge in [0.05, 0.1) is 0 Å². The Balaban J connectivity index is 1.41. The molecule has 0 heterocycles. The predicted molar refractivity (Wildman–Crippen MR) is 106 cm³/mol. The normalized spacial score (nSPS) is 18.2. The van der Waals surface area contributed by atoms with Crippen LogP contribution in [-0.2, 0) is 9.59 Å². The third kappa shape index (κ3) is 6.15. The number of benzene rings is 1. The molecule has 0 bridgehead atoms. The Morgan fingerprint density at radius 2 is 1.19 bits per heavy atom. The van der Waals surface area contributed by atoms with Crippen LogP contribution in [0.15, 0.2) is 24.3 Å². The van der Waals surface area contributed by atoms with Gasteiger partial charge in [0, 0.05) is 24.2 Å². The van der Waals surface area contributed by atoms with E-state index in [-0.39, 0.29) is 11.8 Å². The highest BCUT2D eigenvalue weighted by Crippen LogP contribution is 2.29. The lowest BCUT2D eigenvalue weighted by Crippen LogP contribution is -2.14. The molecule has 2 N–H and O–H groups in total. The average Bonchev–Trinajstić information content (AvgIpc) is 3.32. The van der Waals surface area contributed by atoms with Crippen LogP contribution in [0.25, 0.3) is 0 Å². The van der Waals surface area contributed by atoms with Crippen molar-refractivity contribution in [3.05, 3.63) is 24.3 Å². The lowest BCUT2D eigenvalue weighted by Gasteiger charge is -2.11. The van der Waals surface area contributed by atoms with Crippen molar-refractivity contribution in [1.82, 2.24) is 0 Å². The number of anilines is 2. The second kappa shape index (κ2) is 9.75.